The fourth-order valence-electron chi connectivity index (χ4n) is 2.77. The zero-order valence-electron chi connectivity index (χ0n) is 12.1. The van der Waals surface area contributed by atoms with Crippen molar-refractivity contribution in [2.45, 2.75) is 6.92 Å². The number of benzene rings is 2. The SMILES string of the molecule is CC(=C1C(=O)N(CC(=O)O)c2ccccc21)c1ccccc1. The summed E-state index contributed by atoms with van der Waals surface area (Å²) < 4.78 is 0. The Bertz CT molecular complexity index is 778. The average Bonchev–Trinajstić information content (AvgIpc) is 2.80. The molecule has 0 radical (unpaired) electrons. The molecule has 0 saturated carbocycles. The summed E-state index contributed by atoms with van der Waals surface area (Å²) in [5.74, 6) is -1.29. The largest absolute Gasteiger partial charge is 0.480 e. The molecule has 0 fully saturated rings. The zero-order valence-corrected chi connectivity index (χ0v) is 12.1. The minimum Gasteiger partial charge on any atom is -0.480 e. The molecule has 0 atom stereocenters. The molecular formula is C18H15NO3. The van der Waals surface area contributed by atoms with Gasteiger partial charge in [-0.05, 0) is 24.1 Å². The molecule has 1 amide bonds. The minimum atomic E-state index is -1.03. The van der Waals surface area contributed by atoms with Gasteiger partial charge in [-0.2, -0.15) is 0 Å². The van der Waals surface area contributed by atoms with Crippen molar-refractivity contribution in [3.8, 4) is 0 Å². The molecule has 3 rings (SSSR count). The number of para-hydroxylation sites is 1. The summed E-state index contributed by atoms with van der Waals surface area (Å²) in [5, 5.41) is 9.05. The molecule has 2 aromatic rings. The van der Waals surface area contributed by atoms with Gasteiger partial charge < -0.3 is 5.11 Å². The number of fused-ring (bicyclic) bond motifs is 1. The van der Waals surface area contributed by atoms with E-state index in [1.54, 1.807) is 6.07 Å². The first-order valence-corrected chi connectivity index (χ1v) is 6.99. The second-order valence-corrected chi connectivity index (χ2v) is 5.17. The van der Waals surface area contributed by atoms with Gasteiger partial charge in [-0.15, -0.1) is 0 Å². The van der Waals surface area contributed by atoms with Gasteiger partial charge in [-0.1, -0.05) is 48.5 Å². The number of hydrogen-bond donors (Lipinski definition) is 1. The normalized spacial score (nSPS) is 15.7. The van der Waals surface area contributed by atoms with Crippen LogP contribution in [0.5, 0.6) is 0 Å². The van der Waals surface area contributed by atoms with Crippen molar-refractivity contribution in [3.63, 3.8) is 0 Å². The maximum Gasteiger partial charge on any atom is 0.323 e. The molecule has 22 heavy (non-hydrogen) atoms. The zero-order chi connectivity index (χ0) is 15.7. The third-order valence-corrected chi connectivity index (χ3v) is 3.80. The predicted octanol–water partition coefficient (Wildman–Crippen LogP) is 3.05. The minimum absolute atomic E-state index is 0.259. The maximum absolute atomic E-state index is 12.7. The lowest BCUT2D eigenvalue weighted by atomic mass is 9.97. The van der Waals surface area contributed by atoms with Crippen LogP contribution in [-0.2, 0) is 9.59 Å². The molecule has 4 nitrogen and oxygen atoms in total. The van der Waals surface area contributed by atoms with Crippen LogP contribution in [0.2, 0.25) is 0 Å². The van der Waals surface area contributed by atoms with Crippen LogP contribution < -0.4 is 4.90 Å². The Labute approximate surface area is 128 Å². The quantitative estimate of drug-likeness (QED) is 0.885. The summed E-state index contributed by atoms with van der Waals surface area (Å²) in [5.41, 5.74) is 3.82. The van der Waals surface area contributed by atoms with Gasteiger partial charge in [-0.3, -0.25) is 14.5 Å². The molecule has 0 bridgehead atoms. The number of aliphatic carboxylic acids is 1. The van der Waals surface area contributed by atoms with Gasteiger partial charge >= 0.3 is 5.97 Å². The van der Waals surface area contributed by atoms with Crippen LogP contribution in [0.1, 0.15) is 18.1 Å². The number of carbonyl (C=O) groups is 2. The van der Waals surface area contributed by atoms with Crippen molar-refractivity contribution in [2.75, 3.05) is 11.4 Å². The average molecular weight is 293 g/mol. The lowest BCUT2D eigenvalue weighted by molar-refractivity contribution is -0.136. The van der Waals surface area contributed by atoms with Crippen LogP contribution >= 0.6 is 0 Å². The third kappa shape index (κ3) is 2.29. The van der Waals surface area contributed by atoms with E-state index in [0.717, 1.165) is 16.7 Å². The number of allylic oxidation sites excluding steroid dienone is 1. The molecule has 1 N–H and O–H groups in total. The Morgan fingerprint density at radius 1 is 1.05 bits per heavy atom. The van der Waals surface area contributed by atoms with Crippen LogP contribution in [0, 0.1) is 0 Å². The number of rotatable bonds is 3. The molecule has 1 heterocycles. The number of nitrogens with zero attached hydrogens (tertiary/aromatic N) is 1. The van der Waals surface area contributed by atoms with E-state index in [-0.39, 0.29) is 12.5 Å². The molecule has 2 aromatic carbocycles. The third-order valence-electron chi connectivity index (χ3n) is 3.80. The van der Waals surface area contributed by atoms with E-state index < -0.39 is 5.97 Å². The van der Waals surface area contributed by atoms with Crippen LogP contribution in [0.25, 0.3) is 11.1 Å². The molecule has 110 valence electrons. The highest BCUT2D eigenvalue weighted by Crippen LogP contribution is 2.40. The van der Waals surface area contributed by atoms with Gasteiger partial charge in [-0.25, -0.2) is 0 Å². The van der Waals surface area contributed by atoms with Crippen molar-refractivity contribution < 1.29 is 14.7 Å². The molecular weight excluding hydrogens is 278 g/mol. The summed E-state index contributed by atoms with van der Waals surface area (Å²) in [6.45, 7) is 1.56. The molecule has 0 unspecified atom stereocenters. The standard InChI is InChI=1S/C18H15NO3/c1-12(13-7-3-2-4-8-13)17-14-9-5-6-10-15(14)19(18(17)22)11-16(20)21/h2-10H,11H2,1H3,(H,20,21). The Morgan fingerprint density at radius 2 is 1.68 bits per heavy atom. The van der Waals surface area contributed by atoms with Gasteiger partial charge in [0.05, 0.1) is 11.3 Å². The Hall–Kier alpha value is -2.88. The first-order valence-electron chi connectivity index (χ1n) is 6.99. The summed E-state index contributed by atoms with van der Waals surface area (Å²) in [6, 6.07) is 16.9. The smallest absolute Gasteiger partial charge is 0.323 e. The topological polar surface area (TPSA) is 57.6 Å². The maximum atomic E-state index is 12.7. The lowest BCUT2D eigenvalue weighted by Gasteiger charge is -2.14. The van der Waals surface area contributed by atoms with Gasteiger partial charge in [0.1, 0.15) is 6.54 Å². The Balaban J connectivity index is 2.17. The Kier molecular flexibility index (Phi) is 3.51. The summed E-state index contributed by atoms with van der Waals surface area (Å²) in [6.07, 6.45) is 0. The second kappa shape index (κ2) is 5.48. The van der Waals surface area contributed by atoms with Crippen molar-refractivity contribution in [3.05, 3.63) is 65.7 Å². The highest BCUT2D eigenvalue weighted by Gasteiger charge is 2.34. The van der Waals surface area contributed by atoms with Crippen LogP contribution in [-0.4, -0.2) is 23.5 Å². The van der Waals surface area contributed by atoms with Crippen molar-refractivity contribution >= 4 is 28.7 Å². The van der Waals surface area contributed by atoms with Crippen LogP contribution in [0.15, 0.2) is 54.6 Å². The first-order chi connectivity index (χ1) is 10.6. The molecule has 0 spiro atoms. The number of carboxylic acid groups (broad SMARTS) is 1. The van der Waals surface area contributed by atoms with Gasteiger partial charge in [0.25, 0.3) is 5.91 Å². The fraction of sp³-hybridized carbons (Fsp3) is 0.111. The molecule has 4 heteroatoms. The van der Waals surface area contributed by atoms with E-state index in [0.29, 0.717) is 11.3 Å². The molecule has 1 aliphatic heterocycles. The van der Waals surface area contributed by atoms with Crippen LogP contribution in [0.4, 0.5) is 5.69 Å². The molecule has 1 aliphatic rings. The van der Waals surface area contributed by atoms with E-state index >= 15 is 0 Å². The first kappa shape index (κ1) is 14.1. The number of amides is 1. The molecule has 0 saturated heterocycles. The number of carbonyl (C=O) groups excluding carboxylic acids is 1. The fourth-order valence-corrected chi connectivity index (χ4v) is 2.77. The van der Waals surface area contributed by atoms with Gasteiger partial charge in [0.2, 0.25) is 0 Å². The van der Waals surface area contributed by atoms with E-state index in [1.165, 1.54) is 4.90 Å². The highest BCUT2D eigenvalue weighted by molar-refractivity contribution is 6.38. The Morgan fingerprint density at radius 3 is 2.36 bits per heavy atom. The number of carboxylic acids is 1. The van der Waals surface area contributed by atoms with E-state index in [2.05, 4.69) is 0 Å². The molecule has 0 aromatic heterocycles. The summed E-state index contributed by atoms with van der Waals surface area (Å²) in [7, 11) is 0. The van der Waals surface area contributed by atoms with Crippen LogP contribution in [0.3, 0.4) is 0 Å². The number of anilines is 1. The van der Waals surface area contributed by atoms with E-state index in [1.807, 2.05) is 55.5 Å². The predicted molar refractivity (Wildman–Crippen MR) is 85.4 cm³/mol. The van der Waals surface area contributed by atoms with E-state index in [9.17, 15) is 9.59 Å². The van der Waals surface area contributed by atoms with Crippen molar-refractivity contribution in [2.24, 2.45) is 0 Å². The van der Waals surface area contributed by atoms with E-state index in [4.69, 9.17) is 5.11 Å². The monoisotopic (exact) mass is 293 g/mol. The number of hydrogen-bond acceptors (Lipinski definition) is 2. The van der Waals surface area contributed by atoms with Gasteiger partial charge in [0, 0.05) is 5.56 Å². The van der Waals surface area contributed by atoms with Crippen molar-refractivity contribution in [1.82, 2.24) is 0 Å². The highest BCUT2D eigenvalue weighted by atomic mass is 16.4. The van der Waals surface area contributed by atoms with Gasteiger partial charge in [0.15, 0.2) is 0 Å². The second-order valence-electron chi connectivity index (χ2n) is 5.17. The lowest BCUT2D eigenvalue weighted by Crippen LogP contribution is -2.32. The summed E-state index contributed by atoms with van der Waals surface area (Å²) in [4.78, 5) is 25.1. The van der Waals surface area contributed by atoms with Crippen molar-refractivity contribution in [1.29, 1.82) is 0 Å². The molecule has 0 aliphatic carbocycles. The summed E-state index contributed by atoms with van der Waals surface area (Å²) >= 11 is 0.